The predicted octanol–water partition coefficient (Wildman–Crippen LogP) is 6.21. The Morgan fingerprint density at radius 3 is 2.59 bits per heavy atom. The standard InChI is InChI=1S/C30H22ClN3O5/c1-2-37-27-18-21(11-15-25(27)39-28(35)16-12-20-9-13-22(31)14-10-20)19-32-34-29(26-8-5-17-38-26)33-24-7-4-3-6-23(24)30(34)36/h3-19H,2H2,1H3/b16-12+,32-19?. The predicted molar refractivity (Wildman–Crippen MR) is 150 cm³/mol. The van der Waals surface area contributed by atoms with Crippen LogP contribution in [0.4, 0.5) is 0 Å². The molecule has 5 rings (SSSR count). The number of aromatic nitrogens is 2. The summed E-state index contributed by atoms with van der Waals surface area (Å²) >= 11 is 5.90. The third kappa shape index (κ3) is 5.97. The largest absolute Gasteiger partial charge is 0.490 e. The maximum Gasteiger partial charge on any atom is 0.336 e. The zero-order valence-electron chi connectivity index (χ0n) is 20.8. The van der Waals surface area contributed by atoms with Crippen LogP contribution in [0.1, 0.15) is 18.1 Å². The van der Waals surface area contributed by atoms with Crippen LogP contribution in [0.5, 0.6) is 11.5 Å². The molecule has 0 radical (unpaired) electrons. The second-order valence-electron chi connectivity index (χ2n) is 8.24. The summed E-state index contributed by atoms with van der Waals surface area (Å²) in [5, 5.41) is 5.45. The molecular formula is C30H22ClN3O5. The van der Waals surface area contributed by atoms with Crippen LogP contribution in [0.3, 0.4) is 0 Å². The number of ether oxygens (including phenoxy) is 2. The van der Waals surface area contributed by atoms with E-state index in [-0.39, 0.29) is 17.1 Å². The average Bonchev–Trinajstić information content (AvgIpc) is 3.49. The van der Waals surface area contributed by atoms with Gasteiger partial charge < -0.3 is 13.9 Å². The van der Waals surface area contributed by atoms with Gasteiger partial charge in [-0.05, 0) is 78.7 Å². The first-order chi connectivity index (χ1) is 19.0. The molecule has 194 valence electrons. The number of fused-ring (bicyclic) bond motifs is 1. The summed E-state index contributed by atoms with van der Waals surface area (Å²) in [7, 11) is 0. The highest BCUT2D eigenvalue weighted by molar-refractivity contribution is 6.30. The topological polar surface area (TPSA) is 95.9 Å². The van der Waals surface area contributed by atoms with Gasteiger partial charge >= 0.3 is 5.97 Å². The summed E-state index contributed by atoms with van der Waals surface area (Å²) in [4.78, 5) is 30.3. The molecule has 3 aromatic carbocycles. The zero-order valence-corrected chi connectivity index (χ0v) is 21.5. The molecule has 5 aromatic rings. The lowest BCUT2D eigenvalue weighted by Crippen LogP contribution is -2.20. The summed E-state index contributed by atoms with van der Waals surface area (Å²) in [5.41, 5.74) is 1.61. The number of carbonyl (C=O) groups is 1. The lowest BCUT2D eigenvalue weighted by atomic mass is 10.2. The third-order valence-corrected chi connectivity index (χ3v) is 5.83. The van der Waals surface area contributed by atoms with Gasteiger partial charge in [-0.1, -0.05) is 35.9 Å². The molecule has 0 unspecified atom stereocenters. The fourth-order valence-electron chi connectivity index (χ4n) is 3.76. The van der Waals surface area contributed by atoms with Gasteiger partial charge in [0.15, 0.2) is 17.3 Å². The Morgan fingerprint density at radius 1 is 1.03 bits per heavy atom. The molecular weight excluding hydrogens is 518 g/mol. The molecule has 0 spiro atoms. The van der Waals surface area contributed by atoms with Crippen molar-refractivity contribution in [1.82, 2.24) is 9.66 Å². The number of halogens is 1. The molecule has 0 fully saturated rings. The smallest absolute Gasteiger partial charge is 0.336 e. The van der Waals surface area contributed by atoms with E-state index in [9.17, 15) is 9.59 Å². The summed E-state index contributed by atoms with van der Waals surface area (Å²) in [5.74, 6) is 0.705. The van der Waals surface area contributed by atoms with Crippen molar-refractivity contribution in [2.75, 3.05) is 6.61 Å². The van der Waals surface area contributed by atoms with Crippen molar-refractivity contribution < 1.29 is 18.7 Å². The highest BCUT2D eigenvalue weighted by Crippen LogP contribution is 2.28. The monoisotopic (exact) mass is 539 g/mol. The molecule has 39 heavy (non-hydrogen) atoms. The van der Waals surface area contributed by atoms with Crippen molar-refractivity contribution in [1.29, 1.82) is 0 Å². The summed E-state index contributed by atoms with van der Waals surface area (Å²) in [6, 6.07) is 22.5. The fraction of sp³-hybridized carbons (Fsp3) is 0.0667. The Morgan fingerprint density at radius 2 is 1.82 bits per heavy atom. The highest BCUT2D eigenvalue weighted by Gasteiger charge is 2.15. The number of furan rings is 1. The summed E-state index contributed by atoms with van der Waals surface area (Å²) < 4.78 is 17.9. The van der Waals surface area contributed by atoms with Gasteiger partial charge in [-0.3, -0.25) is 4.79 Å². The molecule has 9 heteroatoms. The van der Waals surface area contributed by atoms with Gasteiger partial charge in [0, 0.05) is 11.1 Å². The maximum atomic E-state index is 13.3. The van der Waals surface area contributed by atoms with Crippen LogP contribution in [0.15, 0.2) is 106 Å². The molecule has 0 atom stereocenters. The van der Waals surface area contributed by atoms with E-state index < -0.39 is 5.97 Å². The van der Waals surface area contributed by atoms with Crippen molar-refractivity contribution in [3.8, 4) is 23.1 Å². The lowest BCUT2D eigenvalue weighted by Gasteiger charge is -2.11. The Labute approximate surface area is 228 Å². The molecule has 0 aliphatic rings. The van der Waals surface area contributed by atoms with Crippen LogP contribution >= 0.6 is 11.6 Å². The van der Waals surface area contributed by atoms with Gasteiger partial charge in [0.05, 0.1) is 30.0 Å². The highest BCUT2D eigenvalue weighted by atomic mass is 35.5. The number of para-hydroxylation sites is 1. The number of carbonyl (C=O) groups excluding carboxylic acids is 1. The molecule has 0 aliphatic carbocycles. The molecule has 0 amide bonds. The number of esters is 1. The minimum atomic E-state index is -0.566. The average molecular weight is 540 g/mol. The zero-order chi connectivity index (χ0) is 27.2. The van der Waals surface area contributed by atoms with E-state index in [1.165, 1.54) is 23.2 Å². The first-order valence-electron chi connectivity index (χ1n) is 12.0. The van der Waals surface area contributed by atoms with Crippen LogP contribution in [-0.4, -0.2) is 28.5 Å². The lowest BCUT2D eigenvalue weighted by molar-refractivity contribution is -0.129. The maximum absolute atomic E-state index is 13.3. The number of hydrogen-bond donors (Lipinski definition) is 0. The van der Waals surface area contributed by atoms with Gasteiger partial charge in [-0.2, -0.15) is 9.78 Å². The van der Waals surface area contributed by atoms with E-state index in [0.717, 1.165) is 5.56 Å². The molecule has 2 heterocycles. The SMILES string of the molecule is CCOc1cc(C=Nn2c(-c3ccco3)nc3ccccc3c2=O)ccc1OC(=O)/C=C/c1ccc(Cl)cc1. The van der Waals surface area contributed by atoms with Crippen LogP contribution in [0, 0.1) is 0 Å². The van der Waals surface area contributed by atoms with E-state index in [1.807, 2.05) is 13.0 Å². The first-order valence-corrected chi connectivity index (χ1v) is 12.4. The van der Waals surface area contributed by atoms with E-state index in [4.69, 9.17) is 25.5 Å². The minimum Gasteiger partial charge on any atom is -0.490 e. The fourth-order valence-corrected chi connectivity index (χ4v) is 3.88. The molecule has 0 saturated carbocycles. The number of benzene rings is 3. The molecule has 0 bridgehead atoms. The van der Waals surface area contributed by atoms with Crippen molar-refractivity contribution in [2.24, 2.45) is 5.10 Å². The van der Waals surface area contributed by atoms with Crippen molar-refractivity contribution >= 4 is 40.8 Å². The Hall–Kier alpha value is -4.95. The van der Waals surface area contributed by atoms with Crippen molar-refractivity contribution in [2.45, 2.75) is 6.92 Å². The van der Waals surface area contributed by atoms with Gasteiger partial charge in [0.2, 0.25) is 5.82 Å². The first kappa shape index (κ1) is 25.7. The second-order valence-corrected chi connectivity index (χ2v) is 8.67. The van der Waals surface area contributed by atoms with Crippen LogP contribution < -0.4 is 15.0 Å². The van der Waals surface area contributed by atoms with Gasteiger partial charge in [0.1, 0.15) is 0 Å². The van der Waals surface area contributed by atoms with Gasteiger partial charge in [0.25, 0.3) is 5.56 Å². The third-order valence-electron chi connectivity index (χ3n) is 5.58. The van der Waals surface area contributed by atoms with Crippen LogP contribution in [0.25, 0.3) is 28.6 Å². The second kappa shape index (κ2) is 11.6. The van der Waals surface area contributed by atoms with E-state index >= 15 is 0 Å². The Kier molecular flexibility index (Phi) is 7.65. The molecule has 8 nitrogen and oxygen atoms in total. The van der Waals surface area contributed by atoms with Gasteiger partial charge in [-0.15, -0.1) is 0 Å². The van der Waals surface area contributed by atoms with E-state index in [1.54, 1.807) is 78.9 Å². The molecule has 0 saturated heterocycles. The van der Waals surface area contributed by atoms with Crippen LogP contribution in [-0.2, 0) is 4.79 Å². The molecule has 2 aromatic heterocycles. The van der Waals surface area contributed by atoms with E-state index in [2.05, 4.69) is 10.1 Å². The van der Waals surface area contributed by atoms with Crippen molar-refractivity contribution in [3.05, 3.63) is 118 Å². The van der Waals surface area contributed by atoms with E-state index in [0.29, 0.717) is 39.6 Å². The minimum absolute atomic E-state index is 0.251. The van der Waals surface area contributed by atoms with Crippen LogP contribution in [0.2, 0.25) is 5.02 Å². The quantitative estimate of drug-likeness (QED) is 0.101. The number of hydrogen-bond acceptors (Lipinski definition) is 7. The number of rotatable bonds is 8. The van der Waals surface area contributed by atoms with Gasteiger partial charge in [-0.25, -0.2) is 9.78 Å². The number of nitrogens with zero attached hydrogens (tertiary/aromatic N) is 3. The molecule has 0 N–H and O–H groups in total. The normalized spacial score (nSPS) is 11.4. The molecule has 0 aliphatic heterocycles. The Bertz CT molecular complexity index is 1740. The summed E-state index contributed by atoms with van der Waals surface area (Å²) in [6.45, 7) is 2.17. The Balaban J connectivity index is 1.43. The summed E-state index contributed by atoms with van der Waals surface area (Å²) in [6.07, 6.45) is 5.96. The van der Waals surface area contributed by atoms with Crippen molar-refractivity contribution in [3.63, 3.8) is 0 Å².